The molecule has 2 N–H and O–H groups in total. The van der Waals surface area contributed by atoms with Crippen molar-refractivity contribution >= 4 is 28.9 Å². The topological polar surface area (TPSA) is 36.8 Å². The zero-order chi connectivity index (χ0) is 15.5. The van der Waals surface area contributed by atoms with Crippen molar-refractivity contribution in [2.75, 3.05) is 49.3 Å². The maximum Gasteiger partial charge on any atom is 0.231 e. The molecule has 21 heavy (non-hydrogen) atoms. The Labute approximate surface area is 132 Å². The smallest absolute Gasteiger partial charge is 0.231 e. The lowest BCUT2D eigenvalue weighted by Crippen LogP contribution is -3.12. The van der Waals surface area contributed by atoms with Gasteiger partial charge in [0.2, 0.25) is 5.91 Å². The van der Waals surface area contributed by atoms with Crippen LogP contribution in [-0.2, 0) is 4.79 Å². The summed E-state index contributed by atoms with van der Waals surface area (Å²) in [6, 6.07) is 8.00. The van der Waals surface area contributed by atoms with Crippen molar-refractivity contribution in [3.05, 3.63) is 24.3 Å². The minimum absolute atomic E-state index is 0.0373. The number of piperazine rings is 1. The van der Waals surface area contributed by atoms with Crippen molar-refractivity contribution in [2.24, 2.45) is 5.41 Å². The molecule has 0 aliphatic carbocycles. The second-order valence-electron chi connectivity index (χ2n) is 6.43. The summed E-state index contributed by atoms with van der Waals surface area (Å²) in [5.41, 5.74) is 1.41. The Morgan fingerprint density at radius 2 is 1.95 bits per heavy atom. The summed E-state index contributed by atoms with van der Waals surface area (Å²) in [7, 11) is 2.22. The molecule has 1 heterocycles. The van der Waals surface area contributed by atoms with Crippen LogP contribution in [0.1, 0.15) is 13.8 Å². The normalized spacial score (nSPS) is 16.9. The fourth-order valence-corrected chi connectivity index (χ4v) is 2.46. The van der Waals surface area contributed by atoms with Gasteiger partial charge in [0, 0.05) is 5.88 Å². The Morgan fingerprint density at radius 1 is 1.33 bits per heavy atom. The Kier molecular flexibility index (Phi) is 5.12. The van der Waals surface area contributed by atoms with Crippen LogP contribution in [0.4, 0.5) is 11.4 Å². The van der Waals surface area contributed by atoms with E-state index < -0.39 is 5.41 Å². The molecule has 1 aliphatic rings. The summed E-state index contributed by atoms with van der Waals surface area (Å²) < 4.78 is 0. The third kappa shape index (κ3) is 3.89. The second-order valence-corrected chi connectivity index (χ2v) is 6.70. The van der Waals surface area contributed by atoms with Crippen LogP contribution in [0, 0.1) is 5.41 Å². The lowest BCUT2D eigenvalue weighted by Gasteiger charge is -2.33. The van der Waals surface area contributed by atoms with Gasteiger partial charge in [-0.25, -0.2) is 0 Å². The van der Waals surface area contributed by atoms with E-state index in [4.69, 9.17) is 11.6 Å². The zero-order valence-corrected chi connectivity index (χ0v) is 13.8. The Morgan fingerprint density at radius 3 is 2.57 bits per heavy atom. The van der Waals surface area contributed by atoms with E-state index in [2.05, 4.69) is 23.3 Å². The third-order valence-corrected chi connectivity index (χ3v) is 4.73. The molecule has 0 unspecified atom stereocenters. The molecule has 5 heteroatoms. The number of likely N-dealkylation sites (N-methyl/N-ethyl adjacent to an activating group) is 1. The maximum atomic E-state index is 12.3. The number of nitrogens with one attached hydrogen (secondary N) is 2. The Balaban J connectivity index is 2.16. The molecule has 116 valence electrons. The summed E-state index contributed by atoms with van der Waals surface area (Å²) in [5, 5.41) is 3.04. The molecule has 0 spiro atoms. The number of alkyl halides is 1. The van der Waals surface area contributed by atoms with Crippen LogP contribution >= 0.6 is 11.6 Å². The van der Waals surface area contributed by atoms with Crippen molar-refractivity contribution in [3.63, 3.8) is 0 Å². The fourth-order valence-electron chi connectivity index (χ4n) is 2.34. The number of carbonyl (C=O) groups is 1. The highest BCUT2D eigenvalue weighted by Crippen LogP contribution is 2.28. The van der Waals surface area contributed by atoms with Crippen molar-refractivity contribution in [1.29, 1.82) is 0 Å². The van der Waals surface area contributed by atoms with E-state index >= 15 is 0 Å². The molecule has 0 bridgehead atoms. The van der Waals surface area contributed by atoms with Gasteiger partial charge in [-0.1, -0.05) is 12.1 Å². The first-order chi connectivity index (χ1) is 9.94. The van der Waals surface area contributed by atoms with Crippen LogP contribution in [0.25, 0.3) is 0 Å². The van der Waals surface area contributed by atoms with Gasteiger partial charge >= 0.3 is 0 Å². The van der Waals surface area contributed by atoms with E-state index in [1.54, 1.807) is 4.90 Å². The molecule has 1 aromatic rings. The van der Waals surface area contributed by atoms with Crippen LogP contribution in [0.2, 0.25) is 0 Å². The van der Waals surface area contributed by atoms with E-state index in [1.807, 2.05) is 32.0 Å². The lowest BCUT2D eigenvalue weighted by molar-refractivity contribution is -0.880. The number of amides is 1. The predicted octanol–water partition coefficient (Wildman–Crippen LogP) is 1.22. The average Bonchev–Trinajstić information content (AvgIpc) is 2.48. The largest absolute Gasteiger partial charge is 0.359 e. The van der Waals surface area contributed by atoms with Crippen LogP contribution < -0.4 is 15.1 Å². The number of halogens is 1. The van der Waals surface area contributed by atoms with Gasteiger partial charge in [-0.3, -0.25) is 4.79 Å². The molecule has 0 saturated carbocycles. The fraction of sp³-hybridized carbons (Fsp3) is 0.562. The number of benzene rings is 1. The van der Waals surface area contributed by atoms with Gasteiger partial charge in [0.05, 0.1) is 50.0 Å². The number of anilines is 2. The van der Waals surface area contributed by atoms with E-state index in [9.17, 15) is 4.79 Å². The summed E-state index contributed by atoms with van der Waals surface area (Å²) in [5.74, 6) is 0.267. The molecule has 0 radical (unpaired) electrons. The minimum Gasteiger partial charge on any atom is -0.359 e. The number of rotatable bonds is 4. The first-order valence-corrected chi connectivity index (χ1v) is 8.00. The zero-order valence-electron chi connectivity index (χ0n) is 13.1. The lowest BCUT2D eigenvalue weighted by atomic mass is 9.95. The SMILES string of the molecule is C[NH+]1CCN(c2ccccc2NC(=O)C(C)(C)CCl)CC1. The minimum atomic E-state index is -0.569. The highest BCUT2D eigenvalue weighted by atomic mass is 35.5. The first-order valence-electron chi connectivity index (χ1n) is 7.47. The van der Waals surface area contributed by atoms with Crippen LogP contribution in [-0.4, -0.2) is 45.0 Å². The molecule has 1 aromatic carbocycles. The average molecular weight is 311 g/mol. The third-order valence-electron chi connectivity index (χ3n) is 4.06. The van der Waals surface area contributed by atoms with Crippen molar-refractivity contribution in [2.45, 2.75) is 13.8 Å². The van der Waals surface area contributed by atoms with E-state index in [0.717, 1.165) is 37.6 Å². The monoisotopic (exact) mass is 310 g/mol. The van der Waals surface area contributed by atoms with Gasteiger partial charge in [-0.05, 0) is 26.0 Å². The standard InChI is InChI=1S/C16H24ClN3O/c1-16(2,12-17)15(21)18-13-6-4-5-7-14(13)20-10-8-19(3)9-11-20/h4-7H,8-12H2,1-3H3,(H,18,21)/p+1. The molecule has 1 aliphatic heterocycles. The van der Waals surface area contributed by atoms with Gasteiger partial charge in [-0.15, -0.1) is 11.6 Å². The highest BCUT2D eigenvalue weighted by molar-refractivity contribution is 6.20. The van der Waals surface area contributed by atoms with Gasteiger partial charge < -0.3 is 15.1 Å². The van der Waals surface area contributed by atoms with Crippen molar-refractivity contribution in [3.8, 4) is 0 Å². The van der Waals surface area contributed by atoms with Crippen molar-refractivity contribution < 1.29 is 9.69 Å². The molecule has 1 fully saturated rings. The maximum absolute atomic E-state index is 12.3. The second kappa shape index (κ2) is 6.67. The van der Waals surface area contributed by atoms with Gasteiger partial charge in [0.15, 0.2) is 0 Å². The quantitative estimate of drug-likeness (QED) is 0.821. The highest BCUT2D eigenvalue weighted by Gasteiger charge is 2.28. The van der Waals surface area contributed by atoms with E-state index in [1.165, 1.54) is 0 Å². The van der Waals surface area contributed by atoms with E-state index in [0.29, 0.717) is 5.88 Å². The first kappa shape index (κ1) is 16.1. The molecular weight excluding hydrogens is 286 g/mol. The summed E-state index contributed by atoms with van der Waals surface area (Å²) >= 11 is 5.88. The molecule has 2 rings (SSSR count). The van der Waals surface area contributed by atoms with Crippen LogP contribution in [0.5, 0.6) is 0 Å². The van der Waals surface area contributed by atoms with Gasteiger partial charge in [0.1, 0.15) is 0 Å². The summed E-state index contributed by atoms with van der Waals surface area (Å²) in [6.45, 7) is 7.98. The Hall–Kier alpha value is -1.26. The molecule has 0 atom stereocenters. The molecule has 1 amide bonds. The number of carbonyl (C=O) groups excluding carboxylic acids is 1. The number of hydrogen-bond acceptors (Lipinski definition) is 2. The molecule has 4 nitrogen and oxygen atoms in total. The number of hydrogen-bond donors (Lipinski definition) is 2. The Bertz CT molecular complexity index is 496. The number of nitrogens with zero attached hydrogens (tertiary/aromatic N) is 1. The van der Waals surface area contributed by atoms with Gasteiger partial charge in [0.25, 0.3) is 0 Å². The predicted molar refractivity (Wildman–Crippen MR) is 88.4 cm³/mol. The van der Waals surface area contributed by atoms with E-state index in [-0.39, 0.29) is 5.91 Å². The van der Waals surface area contributed by atoms with Crippen LogP contribution in [0.3, 0.4) is 0 Å². The van der Waals surface area contributed by atoms with Crippen LogP contribution in [0.15, 0.2) is 24.3 Å². The van der Waals surface area contributed by atoms with Crippen molar-refractivity contribution in [1.82, 2.24) is 0 Å². The number of para-hydroxylation sites is 2. The molecule has 1 saturated heterocycles. The van der Waals surface area contributed by atoms with Gasteiger partial charge in [-0.2, -0.15) is 0 Å². The summed E-state index contributed by atoms with van der Waals surface area (Å²) in [4.78, 5) is 16.2. The molecular formula is C16H25ClN3O+. The molecule has 0 aromatic heterocycles. The number of quaternary nitrogens is 1. The summed E-state index contributed by atoms with van der Waals surface area (Å²) in [6.07, 6.45) is 0.